The normalized spacial score (nSPS) is 35.2. The van der Waals surface area contributed by atoms with Gasteiger partial charge >= 0.3 is 0 Å². The molecule has 3 heteroatoms. The van der Waals surface area contributed by atoms with Gasteiger partial charge in [0.1, 0.15) is 0 Å². The Morgan fingerprint density at radius 1 is 0.971 bits per heavy atom. The van der Waals surface area contributed by atoms with Crippen LogP contribution in [0.2, 0.25) is 0 Å². The Labute approximate surface area is 217 Å². The first-order valence-corrected chi connectivity index (χ1v) is 14.1. The number of piperidine rings is 1. The van der Waals surface area contributed by atoms with Gasteiger partial charge in [0.15, 0.2) is 0 Å². The van der Waals surface area contributed by atoms with Crippen LogP contribution in [0, 0.1) is 22.7 Å². The predicted octanol–water partition coefficient (Wildman–Crippen LogP) is 6.69. The highest BCUT2D eigenvalue weighted by atomic mass is 32.1. The topological polar surface area (TPSA) is 29.3 Å². The van der Waals surface area contributed by atoms with Crippen molar-refractivity contribution in [1.82, 2.24) is 4.90 Å². The third-order valence-corrected chi connectivity index (χ3v) is 10.7. The standard InChI is InChI=1S/C32H40N2S/c1-30(2)22-34(16-15-28(30)33)29(35)32-19-24-17-31(21-32,26-11-7-4-8-12-26)18-25(20-32)27(24)14-13-23-9-5-3-6-10-23/h3-12,14,24-25,28H,13,15-22,33H2,1-2H3/t24?,25?,28-,31?,32?/m0/s1. The summed E-state index contributed by atoms with van der Waals surface area (Å²) in [4.78, 5) is 3.83. The van der Waals surface area contributed by atoms with Crippen molar-refractivity contribution < 1.29 is 0 Å². The van der Waals surface area contributed by atoms with E-state index in [1.165, 1.54) is 42.7 Å². The molecule has 0 spiro atoms. The molecule has 4 bridgehead atoms. The maximum atomic E-state index is 6.50. The van der Waals surface area contributed by atoms with Crippen molar-refractivity contribution in [2.75, 3.05) is 13.1 Å². The fraction of sp³-hybridized carbons (Fsp3) is 0.531. The lowest BCUT2D eigenvalue weighted by atomic mass is 9.41. The molecule has 1 aliphatic heterocycles. The van der Waals surface area contributed by atoms with E-state index in [1.54, 1.807) is 11.1 Å². The van der Waals surface area contributed by atoms with Crippen molar-refractivity contribution in [3.8, 4) is 0 Å². The van der Waals surface area contributed by atoms with E-state index in [9.17, 15) is 0 Å². The Kier molecular flexibility index (Phi) is 5.73. The molecule has 0 aromatic heterocycles. The summed E-state index contributed by atoms with van der Waals surface area (Å²) >= 11 is 6.45. The monoisotopic (exact) mass is 484 g/mol. The van der Waals surface area contributed by atoms with Gasteiger partial charge in [0.05, 0.1) is 4.99 Å². The Bertz CT molecular complexity index is 1100. The van der Waals surface area contributed by atoms with Crippen molar-refractivity contribution >= 4 is 17.2 Å². The van der Waals surface area contributed by atoms with Gasteiger partial charge in [-0.1, -0.05) is 98.4 Å². The van der Waals surface area contributed by atoms with E-state index in [0.717, 1.165) is 25.9 Å². The molecule has 184 valence electrons. The highest BCUT2D eigenvalue weighted by molar-refractivity contribution is 7.80. The molecule has 1 saturated heterocycles. The van der Waals surface area contributed by atoms with Gasteiger partial charge in [0, 0.05) is 24.5 Å². The van der Waals surface area contributed by atoms with Crippen LogP contribution in [-0.2, 0) is 11.8 Å². The van der Waals surface area contributed by atoms with Crippen LogP contribution < -0.4 is 5.73 Å². The van der Waals surface area contributed by atoms with Crippen LogP contribution >= 0.6 is 12.2 Å². The summed E-state index contributed by atoms with van der Waals surface area (Å²) in [5.41, 5.74) is 11.7. The minimum absolute atomic E-state index is 0.114. The molecule has 4 saturated carbocycles. The van der Waals surface area contributed by atoms with E-state index in [4.69, 9.17) is 18.0 Å². The molecule has 7 rings (SSSR count). The number of hydrogen-bond acceptors (Lipinski definition) is 2. The first kappa shape index (κ1) is 23.4. The average Bonchev–Trinajstić information content (AvgIpc) is 2.85. The zero-order valence-electron chi connectivity index (χ0n) is 21.4. The van der Waals surface area contributed by atoms with Gasteiger partial charge in [-0.2, -0.15) is 0 Å². The molecule has 5 aliphatic rings. The van der Waals surface area contributed by atoms with Crippen LogP contribution in [0.5, 0.6) is 0 Å². The summed E-state index contributed by atoms with van der Waals surface area (Å²) < 4.78 is 0. The Morgan fingerprint density at radius 2 is 1.60 bits per heavy atom. The van der Waals surface area contributed by atoms with Gasteiger partial charge < -0.3 is 10.6 Å². The lowest BCUT2D eigenvalue weighted by Crippen LogP contribution is -2.62. The zero-order chi connectivity index (χ0) is 24.3. The number of benzene rings is 2. The van der Waals surface area contributed by atoms with E-state index >= 15 is 0 Å². The van der Waals surface area contributed by atoms with Gasteiger partial charge in [-0.15, -0.1) is 0 Å². The van der Waals surface area contributed by atoms with Crippen molar-refractivity contribution in [1.29, 1.82) is 0 Å². The molecule has 0 amide bonds. The van der Waals surface area contributed by atoms with Gasteiger partial charge in [-0.05, 0) is 78.7 Å². The second-order valence-corrected chi connectivity index (χ2v) is 13.2. The molecular formula is C32H40N2S. The SMILES string of the molecule is CC1(C)CN(C(=S)C23CC4CC(c5ccccc5)(CC(C2)C4=CCc2ccccc2)C3)CC[C@@H]1N. The van der Waals surface area contributed by atoms with Crippen molar-refractivity contribution in [2.24, 2.45) is 28.4 Å². The smallest absolute Gasteiger partial charge is 0.0842 e. The van der Waals surface area contributed by atoms with Gasteiger partial charge in [0.25, 0.3) is 0 Å². The number of rotatable bonds is 4. The van der Waals surface area contributed by atoms with Crippen LogP contribution in [0.15, 0.2) is 72.3 Å². The fourth-order valence-corrected chi connectivity index (χ4v) is 8.78. The molecule has 4 aliphatic carbocycles. The van der Waals surface area contributed by atoms with Crippen molar-refractivity contribution in [3.05, 3.63) is 83.4 Å². The Morgan fingerprint density at radius 3 is 2.23 bits per heavy atom. The van der Waals surface area contributed by atoms with E-state index in [0.29, 0.717) is 11.8 Å². The van der Waals surface area contributed by atoms with Gasteiger partial charge in [0.2, 0.25) is 0 Å². The fourth-order valence-electron chi connectivity index (χ4n) is 8.38. The molecular weight excluding hydrogens is 444 g/mol. The first-order chi connectivity index (χ1) is 16.8. The Balaban J connectivity index is 1.34. The van der Waals surface area contributed by atoms with Crippen molar-refractivity contribution in [3.63, 3.8) is 0 Å². The predicted molar refractivity (Wildman–Crippen MR) is 149 cm³/mol. The summed E-state index contributed by atoms with van der Waals surface area (Å²) in [6.07, 6.45) is 11.0. The molecule has 5 fully saturated rings. The first-order valence-electron chi connectivity index (χ1n) is 13.6. The number of likely N-dealkylation sites (tertiary alicyclic amines) is 1. The zero-order valence-corrected chi connectivity index (χ0v) is 22.2. The number of allylic oxidation sites excluding steroid dienone is 2. The van der Waals surface area contributed by atoms with Crippen LogP contribution in [-0.4, -0.2) is 29.0 Å². The lowest BCUT2D eigenvalue weighted by Gasteiger charge is -2.64. The maximum absolute atomic E-state index is 6.50. The van der Waals surface area contributed by atoms with E-state index < -0.39 is 0 Å². The second kappa shape index (κ2) is 8.56. The molecule has 1 heterocycles. The van der Waals surface area contributed by atoms with Crippen LogP contribution in [0.3, 0.4) is 0 Å². The summed E-state index contributed by atoms with van der Waals surface area (Å²) in [7, 11) is 0. The second-order valence-electron chi connectivity index (χ2n) is 12.8. The van der Waals surface area contributed by atoms with E-state index in [-0.39, 0.29) is 22.3 Å². The minimum Gasteiger partial charge on any atom is -0.365 e. The largest absolute Gasteiger partial charge is 0.365 e. The molecule has 2 aromatic rings. The van der Waals surface area contributed by atoms with Crippen molar-refractivity contribution in [2.45, 2.75) is 70.3 Å². The van der Waals surface area contributed by atoms with Crippen LogP contribution in [0.25, 0.3) is 0 Å². The lowest BCUT2D eigenvalue weighted by molar-refractivity contribution is -0.00199. The number of nitrogens with two attached hydrogens (primary N) is 1. The highest BCUT2D eigenvalue weighted by Crippen LogP contribution is 2.68. The number of hydrogen-bond donors (Lipinski definition) is 1. The summed E-state index contributed by atoms with van der Waals surface area (Å²) in [6, 6.07) is 22.6. The average molecular weight is 485 g/mol. The number of thiocarbonyl (C=S) groups is 1. The van der Waals surface area contributed by atoms with E-state index in [1.807, 2.05) is 0 Å². The quantitative estimate of drug-likeness (QED) is 0.387. The highest BCUT2D eigenvalue weighted by Gasteiger charge is 2.62. The molecule has 35 heavy (non-hydrogen) atoms. The maximum Gasteiger partial charge on any atom is 0.0842 e. The summed E-state index contributed by atoms with van der Waals surface area (Å²) in [6.45, 7) is 6.67. The molecule has 2 aromatic carbocycles. The van der Waals surface area contributed by atoms with E-state index in [2.05, 4.69) is 85.5 Å². The molecule has 2 nitrogen and oxygen atoms in total. The number of nitrogens with zero attached hydrogens (tertiary/aromatic N) is 1. The Hall–Kier alpha value is -1.97. The van der Waals surface area contributed by atoms with Crippen LogP contribution in [0.1, 0.15) is 63.5 Å². The molecule has 0 radical (unpaired) electrons. The van der Waals surface area contributed by atoms with Gasteiger partial charge in [-0.25, -0.2) is 0 Å². The summed E-state index contributed by atoms with van der Waals surface area (Å²) in [5, 5.41) is 0. The third kappa shape index (κ3) is 4.00. The molecule has 2 N–H and O–H groups in total. The molecule has 3 atom stereocenters. The van der Waals surface area contributed by atoms with Crippen LogP contribution in [0.4, 0.5) is 0 Å². The molecule has 2 unspecified atom stereocenters. The summed E-state index contributed by atoms with van der Waals surface area (Å²) in [5.74, 6) is 1.30. The minimum atomic E-state index is 0.114. The van der Waals surface area contributed by atoms with Gasteiger partial charge in [-0.3, -0.25) is 0 Å². The third-order valence-electron chi connectivity index (χ3n) is 10.0.